The lowest BCUT2D eigenvalue weighted by molar-refractivity contribution is -0.115. The number of ether oxygens (including phenoxy) is 3. The standard InChI is InChI=1S/C24H23Cl2FN6O4/c1-35-7-8-36-15-11-18-22(19(12-15)37-6-5-25)24(29-13-28-18)31-20-9-14(32-33-20)10-21(34)30-17-4-2-3-16(26)23(17)27/h2-4,9,11-13H,5-8,10H2,1H3,(H,30,34)(H2,28,29,31,32,33). The summed E-state index contributed by atoms with van der Waals surface area (Å²) >= 11 is 11.6. The van der Waals surface area contributed by atoms with E-state index in [0.29, 0.717) is 52.9 Å². The molecule has 37 heavy (non-hydrogen) atoms. The number of nitrogens with one attached hydrogen (secondary N) is 3. The van der Waals surface area contributed by atoms with Crippen molar-refractivity contribution < 1.29 is 23.4 Å². The SMILES string of the molecule is COCCOc1cc(OCCCl)c2c(Nc3cc(CC(=O)Nc4cccc(Cl)c4F)[nH]n3)ncnc2c1. The van der Waals surface area contributed by atoms with E-state index >= 15 is 0 Å². The number of aromatic nitrogens is 4. The highest BCUT2D eigenvalue weighted by Gasteiger charge is 2.16. The highest BCUT2D eigenvalue weighted by molar-refractivity contribution is 6.31. The number of alkyl halides is 1. The van der Waals surface area contributed by atoms with E-state index in [1.54, 1.807) is 31.4 Å². The predicted molar refractivity (Wildman–Crippen MR) is 139 cm³/mol. The van der Waals surface area contributed by atoms with E-state index in [-0.39, 0.29) is 29.6 Å². The molecule has 0 aliphatic carbocycles. The van der Waals surface area contributed by atoms with Crippen LogP contribution in [0.4, 0.5) is 21.7 Å². The van der Waals surface area contributed by atoms with Gasteiger partial charge in [-0.1, -0.05) is 17.7 Å². The Hall–Kier alpha value is -3.67. The van der Waals surface area contributed by atoms with Gasteiger partial charge in [-0.15, -0.1) is 11.6 Å². The van der Waals surface area contributed by atoms with Gasteiger partial charge in [0.1, 0.15) is 36.9 Å². The molecule has 2 aromatic carbocycles. The lowest BCUT2D eigenvalue weighted by atomic mass is 10.2. The minimum Gasteiger partial charge on any atom is -0.491 e. The highest BCUT2D eigenvalue weighted by atomic mass is 35.5. The van der Waals surface area contributed by atoms with Gasteiger partial charge in [0.05, 0.1) is 40.5 Å². The van der Waals surface area contributed by atoms with Gasteiger partial charge in [-0.05, 0) is 12.1 Å². The second-order valence-electron chi connectivity index (χ2n) is 7.65. The lowest BCUT2D eigenvalue weighted by Gasteiger charge is -2.14. The Morgan fingerprint density at radius 2 is 2.00 bits per heavy atom. The lowest BCUT2D eigenvalue weighted by Crippen LogP contribution is -2.15. The van der Waals surface area contributed by atoms with Crippen LogP contribution in [0.25, 0.3) is 10.9 Å². The number of H-pyrrole nitrogens is 1. The largest absolute Gasteiger partial charge is 0.491 e. The third kappa shape index (κ3) is 6.76. The fourth-order valence-electron chi connectivity index (χ4n) is 3.42. The molecule has 13 heteroatoms. The Morgan fingerprint density at radius 1 is 1.14 bits per heavy atom. The Balaban J connectivity index is 1.52. The minimum absolute atomic E-state index is 0.00198. The van der Waals surface area contributed by atoms with Gasteiger partial charge in [0.25, 0.3) is 0 Å². The van der Waals surface area contributed by atoms with Crippen molar-refractivity contribution in [1.82, 2.24) is 20.2 Å². The van der Waals surface area contributed by atoms with E-state index < -0.39 is 11.7 Å². The van der Waals surface area contributed by atoms with E-state index in [9.17, 15) is 9.18 Å². The maximum Gasteiger partial charge on any atom is 0.230 e. The highest BCUT2D eigenvalue weighted by Crippen LogP contribution is 2.35. The molecule has 1 amide bonds. The maximum atomic E-state index is 14.1. The van der Waals surface area contributed by atoms with Gasteiger partial charge in [-0.2, -0.15) is 5.10 Å². The summed E-state index contributed by atoms with van der Waals surface area (Å²) in [4.78, 5) is 21.1. The number of fused-ring (bicyclic) bond motifs is 1. The zero-order chi connectivity index (χ0) is 26.2. The number of benzene rings is 2. The molecule has 0 spiro atoms. The first-order chi connectivity index (χ1) is 18.0. The minimum atomic E-state index is -0.695. The third-order valence-electron chi connectivity index (χ3n) is 5.02. The number of hydrogen-bond acceptors (Lipinski definition) is 8. The monoisotopic (exact) mass is 548 g/mol. The summed E-state index contributed by atoms with van der Waals surface area (Å²) in [5.74, 6) is 1.02. The van der Waals surface area contributed by atoms with Gasteiger partial charge < -0.3 is 24.8 Å². The Bertz CT molecular complexity index is 1390. The molecule has 0 bridgehead atoms. The smallest absolute Gasteiger partial charge is 0.230 e. The average Bonchev–Trinajstić information content (AvgIpc) is 3.32. The van der Waals surface area contributed by atoms with Crippen LogP contribution in [0.2, 0.25) is 5.02 Å². The molecule has 2 aromatic heterocycles. The molecule has 194 valence electrons. The van der Waals surface area contributed by atoms with Crippen molar-refractivity contribution in [1.29, 1.82) is 0 Å². The summed E-state index contributed by atoms with van der Waals surface area (Å²) in [6.07, 6.45) is 1.33. The van der Waals surface area contributed by atoms with Crippen LogP contribution in [0, 0.1) is 5.82 Å². The normalized spacial score (nSPS) is 10.9. The molecule has 0 aliphatic rings. The fourth-order valence-corrected chi connectivity index (χ4v) is 3.67. The van der Waals surface area contributed by atoms with Crippen LogP contribution in [0.1, 0.15) is 5.69 Å². The van der Waals surface area contributed by atoms with Gasteiger partial charge >= 0.3 is 0 Å². The van der Waals surface area contributed by atoms with Crippen molar-refractivity contribution in [2.75, 3.05) is 43.4 Å². The van der Waals surface area contributed by atoms with E-state index in [1.165, 1.54) is 18.5 Å². The van der Waals surface area contributed by atoms with E-state index in [0.717, 1.165) is 0 Å². The number of rotatable bonds is 12. The number of nitrogens with zero attached hydrogens (tertiary/aromatic N) is 3. The Morgan fingerprint density at radius 3 is 2.81 bits per heavy atom. The number of hydrogen-bond donors (Lipinski definition) is 3. The predicted octanol–water partition coefficient (Wildman–Crippen LogP) is 4.71. The fraction of sp³-hybridized carbons (Fsp3) is 0.250. The third-order valence-corrected chi connectivity index (χ3v) is 5.47. The molecule has 0 aliphatic heterocycles. The van der Waals surface area contributed by atoms with E-state index in [2.05, 4.69) is 30.8 Å². The Labute approximate surface area is 221 Å². The molecule has 4 aromatic rings. The van der Waals surface area contributed by atoms with Crippen molar-refractivity contribution in [3.05, 3.63) is 59.3 Å². The summed E-state index contributed by atoms with van der Waals surface area (Å²) in [5.41, 5.74) is 1.07. The molecule has 0 atom stereocenters. The Kier molecular flexibility index (Phi) is 8.94. The van der Waals surface area contributed by atoms with Crippen LogP contribution >= 0.6 is 23.2 Å². The second kappa shape index (κ2) is 12.5. The summed E-state index contributed by atoms with van der Waals surface area (Å²) in [7, 11) is 1.59. The van der Waals surface area contributed by atoms with Crippen molar-refractivity contribution in [2.45, 2.75) is 6.42 Å². The molecular weight excluding hydrogens is 526 g/mol. The first-order valence-corrected chi connectivity index (χ1v) is 12.0. The number of amides is 1. The van der Waals surface area contributed by atoms with Crippen molar-refractivity contribution in [2.24, 2.45) is 0 Å². The van der Waals surface area contributed by atoms with Crippen molar-refractivity contribution in [3.63, 3.8) is 0 Å². The van der Waals surface area contributed by atoms with Crippen LogP contribution < -0.4 is 20.1 Å². The molecule has 4 rings (SSSR count). The molecule has 0 saturated heterocycles. The van der Waals surface area contributed by atoms with Crippen LogP contribution in [0.15, 0.2) is 42.7 Å². The van der Waals surface area contributed by atoms with Crippen molar-refractivity contribution >= 4 is 57.3 Å². The van der Waals surface area contributed by atoms with Crippen LogP contribution in [0.5, 0.6) is 11.5 Å². The first kappa shape index (κ1) is 26.4. The van der Waals surface area contributed by atoms with Gasteiger partial charge in [0.2, 0.25) is 5.91 Å². The molecule has 2 heterocycles. The first-order valence-electron chi connectivity index (χ1n) is 11.1. The molecule has 10 nitrogen and oxygen atoms in total. The summed E-state index contributed by atoms with van der Waals surface area (Å²) < 4.78 is 30.7. The van der Waals surface area contributed by atoms with Gasteiger partial charge in [-0.25, -0.2) is 14.4 Å². The molecular formula is C24H23Cl2FN6O4. The maximum absolute atomic E-state index is 14.1. The van der Waals surface area contributed by atoms with Gasteiger partial charge in [0, 0.05) is 31.0 Å². The summed E-state index contributed by atoms with van der Waals surface area (Å²) in [5, 5.41) is 13.1. The number of halogens is 3. The molecule has 0 fully saturated rings. The molecule has 0 saturated carbocycles. The van der Waals surface area contributed by atoms with E-state index in [1.807, 2.05) is 0 Å². The quantitative estimate of drug-likeness (QED) is 0.172. The summed E-state index contributed by atoms with van der Waals surface area (Å²) in [6, 6.07) is 9.51. The van der Waals surface area contributed by atoms with Crippen LogP contribution in [0.3, 0.4) is 0 Å². The molecule has 0 radical (unpaired) electrons. The zero-order valence-corrected chi connectivity index (χ0v) is 21.2. The zero-order valence-electron chi connectivity index (χ0n) is 19.7. The van der Waals surface area contributed by atoms with Gasteiger partial charge in [0.15, 0.2) is 11.6 Å². The second-order valence-corrected chi connectivity index (χ2v) is 8.43. The van der Waals surface area contributed by atoms with Crippen LogP contribution in [-0.4, -0.2) is 58.9 Å². The molecule has 0 unspecified atom stereocenters. The number of aromatic amines is 1. The number of carbonyl (C=O) groups excluding carboxylic acids is 1. The average molecular weight is 549 g/mol. The van der Waals surface area contributed by atoms with Gasteiger partial charge in [-0.3, -0.25) is 9.89 Å². The van der Waals surface area contributed by atoms with Crippen LogP contribution in [-0.2, 0) is 16.0 Å². The topological polar surface area (TPSA) is 123 Å². The molecule has 3 N–H and O–H groups in total. The van der Waals surface area contributed by atoms with E-state index in [4.69, 9.17) is 37.4 Å². The number of methoxy groups -OCH3 is 1. The number of anilines is 3. The van der Waals surface area contributed by atoms with Crippen molar-refractivity contribution in [3.8, 4) is 11.5 Å². The number of carbonyl (C=O) groups is 1. The summed E-state index contributed by atoms with van der Waals surface area (Å²) in [6.45, 7) is 1.06.